The van der Waals surface area contributed by atoms with E-state index in [1.165, 1.54) is 12.1 Å². The van der Waals surface area contributed by atoms with Crippen molar-refractivity contribution in [1.29, 1.82) is 0 Å². The number of benzene rings is 1. The summed E-state index contributed by atoms with van der Waals surface area (Å²) in [5, 5.41) is 14.1. The molecule has 1 amide bonds. The second-order valence-corrected chi connectivity index (χ2v) is 6.43. The van der Waals surface area contributed by atoms with E-state index in [-0.39, 0.29) is 23.8 Å². The van der Waals surface area contributed by atoms with Gasteiger partial charge in [0.25, 0.3) is 10.9 Å². The van der Waals surface area contributed by atoms with Gasteiger partial charge in [0.1, 0.15) is 17.1 Å². The summed E-state index contributed by atoms with van der Waals surface area (Å²) in [5.41, 5.74) is 0.584. The SMILES string of the molecule is C[C@H](CCCCC(=O)NO)Nc1c(Nc2ccc(OC(F)(F)F)cc2)c(=O)c1=O. The molecule has 2 aromatic rings. The lowest BCUT2D eigenvalue weighted by molar-refractivity contribution is -0.274. The van der Waals surface area contributed by atoms with Crippen molar-refractivity contribution in [2.45, 2.75) is 45.0 Å². The normalized spacial score (nSPS) is 12.4. The molecule has 0 bridgehead atoms. The molecule has 0 fully saturated rings. The molecule has 0 unspecified atom stereocenters. The largest absolute Gasteiger partial charge is 0.573 e. The van der Waals surface area contributed by atoms with Crippen LogP contribution in [0.1, 0.15) is 32.6 Å². The van der Waals surface area contributed by atoms with Gasteiger partial charge < -0.3 is 15.4 Å². The zero-order valence-corrected chi connectivity index (χ0v) is 15.4. The van der Waals surface area contributed by atoms with Gasteiger partial charge in [-0.15, -0.1) is 13.2 Å². The van der Waals surface area contributed by atoms with E-state index in [1.54, 1.807) is 12.4 Å². The topological polar surface area (TPSA) is 117 Å². The van der Waals surface area contributed by atoms with E-state index in [4.69, 9.17) is 5.21 Å². The minimum absolute atomic E-state index is 0.0333. The molecule has 158 valence electrons. The Kier molecular flexibility index (Phi) is 7.21. The number of halogens is 3. The fourth-order valence-corrected chi connectivity index (χ4v) is 2.64. The average molecular weight is 415 g/mol. The smallest absolute Gasteiger partial charge is 0.406 e. The fourth-order valence-electron chi connectivity index (χ4n) is 2.64. The first kappa shape index (κ1) is 22.2. The quantitative estimate of drug-likeness (QED) is 0.204. The van der Waals surface area contributed by atoms with Crippen LogP contribution in [0.5, 0.6) is 5.75 Å². The summed E-state index contributed by atoms with van der Waals surface area (Å²) in [4.78, 5) is 34.6. The van der Waals surface area contributed by atoms with Crippen molar-refractivity contribution in [2.75, 3.05) is 10.6 Å². The third-order valence-corrected chi connectivity index (χ3v) is 4.07. The summed E-state index contributed by atoms with van der Waals surface area (Å²) in [6.07, 6.45) is -2.82. The van der Waals surface area contributed by atoms with Gasteiger partial charge in [0.15, 0.2) is 0 Å². The Balaban J connectivity index is 1.93. The molecular weight excluding hydrogens is 395 g/mol. The first-order valence-corrected chi connectivity index (χ1v) is 8.76. The minimum Gasteiger partial charge on any atom is -0.406 e. The zero-order valence-electron chi connectivity index (χ0n) is 15.4. The minimum atomic E-state index is -4.80. The number of nitrogens with one attached hydrogen (secondary N) is 3. The van der Waals surface area contributed by atoms with Crippen molar-refractivity contribution >= 4 is 23.0 Å². The highest BCUT2D eigenvalue weighted by atomic mass is 19.4. The van der Waals surface area contributed by atoms with Crippen molar-refractivity contribution < 1.29 is 27.9 Å². The van der Waals surface area contributed by atoms with Crippen LogP contribution in [0.4, 0.5) is 30.2 Å². The molecule has 29 heavy (non-hydrogen) atoms. The number of unbranched alkanes of at least 4 members (excludes halogenated alkanes) is 1. The van der Waals surface area contributed by atoms with Crippen LogP contribution in [-0.2, 0) is 4.79 Å². The van der Waals surface area contributed by atoms with Crippen molar-refractivity contribution in [3.8, 4) is 5.75 Å². The molecule has 0 saturated heterocycles. The van der Waals surface area contributed by atoms with Crippen LogP contribution in [0.15, 0.2) is 33.9 Å². The first-order valence-electron chi connectivity index (χ1n) is 8.76. The van der Waals surface area contributed by atoms with Gasteiger partial charge in [-0.05, 0) is 44.0 Å². The van der Waals surface area contributed by atoms with Gasteiger partial charge in [0.2, 0.25) is 5.91 Å². The van der Waals surface area contributed by atoms with Gasteiger partial charge in [-0.25, -0.2) is 5.48 Å². The van der Waals surface area contributed by atoms with E-state index in [0.717, 1.165) is 12.1 Å². The van der Waals surface area contributed by atoms with Crippen molar-refractivity contribution in [3.63, 3.8) is 0 Å². The van der Waals surface area contributed by atoms with E-state index < -0.39 is 28.9 Å². The Labute approximate surface area is 163 Å². The van der Waals surface area contributed by atoms with Gasteiger partial charge in [0, 0.05) is 18.2 Å². The van der Waals surface area contributed by atoms with Crippen LogP contribution in [0.25, 0.3) is 0 Å². The predicted molar refractivity (Wildman–Crippen MR) is 99.2 cm³/mol. The third kappa shape index (κ3) is 6.49. The molecule has 2 rings (SSSR count). The highest BCUT2D eigenvalue weighted by molar-refractivity contribution is 5.79. The molecule has 4 N–H and O–H groups in total. The molecule has 0 aliphatic heterocycles. The summed E-state index contributed by atoms with van der Waals surface area (Å²) in [5.74, 6) is -0.888. The Bertz CT molecular complexity index is 905. The summed E-state index contributed by atoms with van der Waals surface area (Å²) in [6, 6.07) is 4.58. The van der Waals surface area contributed by atoms with E-state index in [0.29, 0.717) is 24.9 Å². The summed E-state index contributed by atoms with van der Waals surface area (Å²) >= 11 is 0. The number of ether oxygens (including phenoxy) is 1. The van der Waals surface area contributed by atoms with E-state index >= 15 is 0 Å². The number of anilines is 3. The zero-order chi connectivity index (χ0) is 21.6. The lowest BCUT2D eigenvalue weighted by Gasteiger charge is -2.19. The maximum atomic E-state index is 12.2. The number of hydrogen-bond acceptors (Lipinski definition) is 7. The molecule has 0 spiro atoms. The molecule has 0 aromatic heterocycles. The number of rotatable bonds is 10. The summed E-state index contributed by atoms with van der Waals surface area (Å²) in [7, 11) is 0. The van der Waals surface area contributed by atoms with Crippen LogP contribution >= 0.6 is 0 Å². The molecule has 0 aliphatic rings. The van der Waals surface area contributed by atoms with Crippen LogP contribution in [0.3, 0.4) is 0 Å². The van der Waals surface area contributed by atoms with Gasteiger partial charge >= 0.3 is 6.36 Å². The number of carbonyl (C=O) groups excluding carboxylic acids is 1. The molecule has 0 heterocycles. The Morgan fingerprint density at radius 1 is 1.10 bits per heavy atom. The van der Waals surface area contributed by atoms with Crippen LogP contribution in [0.2, 0.25) is 0 Å². The summed E-state index contributed by atoms with van der Waals surface area (Å²) in [6.45, 7) is 1.80. The molecule has 1 atom stereocenters. The molecule has 2 aromatic carbocycles. The monoisotopic (exact) mass is 415 g/mol. The van der Waals surface area contributed by atoms with E-state index in [1.807, 2.05) is 0 Å². The lowest BCUT2D eigenvalue weighted by Crippen LogP contribution is -2.38. The second kappa shape index (κ2) is 9.41. The highest BCUT2D eigenvalue weighted by Gasteiger charge is 2.31. The summed E-state index contributed by atoms with van der Waals surface area (Å²) < 4.78 is 40.3. The molecule has 8 nitrogen and oxygen atoms in total. The Morgan fingerprint density at radius 2 is 1.72 bits per heavy atom. The van der Waals surface area contributed by atoms with Gasteiger partial charge in [-0.2, -0.15) is 0 Å². The Hall–Kier alpha value is -3.08. The van der Waals surface area contributed by atoms with Gasteiger partial charge in [-0.1, -0.05) is 6.42 Å². The number of alkyl halides is 3. The highest BCUT2D eigenvalue weighted by Crippen LogP contribution is 2.26. The van der Waals surface area contributed by atoms with Crippen LogP contribution in [0, 0.1) is 0 Å². The number of carbonyl (C=O) groups is 1. The maximum Gasteiger partial charge on any atom is 0.573 e. The molecule has 0 aliphatic carbocycles. The number of hydrogen-bond donors (Lipinski definition) is 4. The van der Waals surface area contributed by atoms with E-state index in [9.17, 15) is 27.6 Å². The van der Waals surface area contributed by atoms with Crippen LogP contribution in [-0.4, -0.2) is 23.5 Å². The van der Waals surface area contributed by atoms with Gasteiger partial charge in [0.05, 0.1) is 0 Å². The second-order valence-electron chi connectivity index (χ2n) is 6.43. The lowest BCUT2D eigenvalue weighted by atomic mass is 10.1. The first-order chi connectivity index (χ1) is 13.6. The van der Waals surface area contributed by atoms with E-state index in [2.05, 4.69) is 15.4 Å². The molecular formula is C18H20F3N3O5. The number of amides is 1. The molecule has 11 heteroatoms. The van der Waals surface area contributed by atoms with Crippen molar-refractivity contribution in [1.82, 2.24) is 5.48 Å². The number of hydroxylamine groups is 1. The fraction of sp³-hybridized carbons (Fsp3) is 0.389. The average Bonchev–Trinajstić information content (AvgIpc) is 2.67. The van der Waals surface area contributed by atoms with Crippen molar-refractivity contribution in [2.24, 2.45) is 0 Å². The molecule has 0 radical (unpaired) electrons. The maximum absolute atomic E-state index is 12.2. The molecule has 0 saturated carbocycles. The third-order valence-electron chi connectivity index (χ3n) is 4.07. The predicted octanol–water partition coefficient (Wildman–Crippen LogP) is 2.79. The Morgan fingerprint density at radius 3 is 2.31 bits per heavy atom. The van der Waals surface area contributed by atoms with Gasteiger partial charge in [-0.3, -0.25) is 19.6 Å². The standard InChI is InChI=1S/C18H20F3N3O5/c1-10(4-2-3-5-13(25)24-28)22-14-15(17(27)16(14)26)23-11-6-8-12(9-7-11)29-18(19,20)21/h6-10,22-23,28H,2-5H2,1H3,(H,24,25)/t10-/m1/s1. The van der Waals surface area contributed by atoms with Crippen LogP contribution < -0.4 is 31.7 Å². The van der Waals surface area contributed by atoms with Crippen molar-refractivity contribution in [3.05, 3.63) is 44.7 Å².